The summed E-state index contributed by atoms with van der Waals surface area (Å²) in [6.45, 7) is 2.40. The summed E-state index contributed by atoms with van der Waals surface area (Å²) >= 11 is 0. The molecule has 0 bridgehead atoms. The number of hydrogen-bond donors (Lipinski definition) is 2. The van der Waals surface area contributed by atoms with E-state index in [1.54, 1.807) is 13.5 Å². The molecule has 4 rings (SSSR count). The smallest absolute Gasteiger partial charge is 0.179 e. The van der Waals surface area contributed by atoms with Gasteiger partial charge < -0.3 is 4.90 Å². The molecule has 1 atom stereocenters. The molecule has 0 spiro atoms. The fourth-order valence-corrected chi connectivity index (χ4v) is 5.62. The predicted octanol–water partition coefficient (Wildman–Crippen LogP) is 3.61. The molecular formula is C19H22N4O2S. The van der Waals surface area contributed by atoms with Gasteiger partial charge in [-0.2, -0.15) is 9.57 Å². The Bertz CT molecular complexity index is 807. The van der Waals surface area contributed by atoms with Gasteiger partial charge in [-0.25, -0.2) is 0 Å². The number of nitriles is 1. The summed E-state index contributed by atoms with van der Waals surface area (Å²) in [4.78, 5) is 1.68. The Morgan fingerprint density at radius 1 is 0.923 bits per heavy atom. The number of nitrogens with zero attached hydrogens (tertiary/aromatic N) is 4. The molecule has 2 aromatic rings. The fourth-order valence-electron chi connectivity index (χ4n) is 3.73. The van der Waals surface area contributed by atoms with Crippen LogP contribution < -0.4 is 4.31 Å². The Hall–Kier alpha value is -2.24. The lowest BCUT2D eigenvalue weighted by atomic mass is 10.1. The minimum atomic E-state index is -3.04. The highest BCUT2D eigenvalue weighted by atomic mass is 32.3. The second kappa shape index (κ2) is 6.82. The zero-order valence-electron chi connectivity index (χ0n) is 14.4. The average Bonchev–Trinajstić information content (AvgIpc) is 3.26. The van der Waals surface area contributed by atoms with E-state index in [0.29, 0.717) is 26.2 Å². The largest absolute Gasteiger partial charge is 0.309 e. The van der Waals surface area contributed by atoms with Crippen LogP contribution in [-0.4, -0.2) is 50.5 Å². The molecule has 0 unspecified atom stereocenters. The minimum Gasteiger partial charge on any atom is -0.309 e. The Kier molecular flexibility index (Phi) is 4.51. The van der Waals surface area contributed by atoms with Gasteiger partial charge in [-0.15, -0.1) is 0 Å². The first-order valence-electron chi connectivity index (χ1n) is 8.72. The SMILES string of the molecule is N#CN1CC[C@H](N2CCN(c3ccc(-c4ccccc4)cc3)S2(O)O)C1. The highest BCUT2D eigenvalue weighted by Crippen LogP contribution is 2.55. The molecular weight excluding hydrogens is 348 g/mol. The van der Waals surface area contributed by atoms with Crippen molar-refractivity contribution in [3.63, 3.8) is 0 Å². The van der Waals surface area contributed by atoms with Gasteiger partial charge >= 0.3 is 0 Å². The van der Waals surface area contributed by atoms with Gasteiger partial charge in [0.25, 0.3) is 0 Å². The first kappa shape index (κ1) is 17.2. The van der Waals surface area contributed by atoms with Crippen LogP contribution in [0.3, 0.4) is 0 Å². The molecule has 26 heavy (non-hydrogen) atoms. The van der Waals surface area contributed by atoms with E-state index >= 15 is 0 Å². The van der Waals surface area contributed by atoms with Crippen LogP contribution in [0.25, 0.3) is 11.1 Å². The van der Waals surface area contributed by atoms with Crippen LogP contribution in [0.15, 0.2) is 54.6 Å². The molecule has 136 valence electrons. The molecule has 0 aliphatic carbocycles. The Morgan fingerprint density at radius 3 is 2.27 bits per heavy atom. The molecule has 2 heterocycles. The Labute approximate surface area is 155 Å². The van der Waals surface area contributed by atoms with Crippen LogP contribution in [0, 0.1) is 11.5 Å². The minimum absolute atomic E-state index is 0.00763. The average molecular weight is 370 g/mol. The third-order valence-electron chi connectivity index (χ3n) is 5.11. The van der Waals surface area contributed by atoms with Crippen molar-refractivity contribution >= 4 is 16.6 Å². The van der Waals surface area contributed by atoms with Gasteiger partial charge in [0.2, 0.25) is 0 Å². The van der Waals surface area contributed by atoms with Crippen LogP contribution in [0.4, 0.5) is 5.69 Å². The van der Waals surface area contributed by atoms with Gasteiger partial charge in [0.1, 0.15) is 0 Å². The van der Waals surface area contributed by atoms with Crippen LogP contribution in [0.1, 0.15) is 6.42 Å². The van der Waals surface area contributed by atoms with Crippen LogP contribution in [0.5, 0.6) is 0 Å². The highest BCUT2D eigenvalue weighted by molar-refractivity contribution is 8.23. The monoisotopic (exact) mass is 370 g/mol. The van der Waals surface area contributed by atoms with Crippen molar-refractivity contribution in [1.29, 1.82) is 5.26 Å². The Balaban J connectivity index is 1.52. The third-order valence-corrected chi connectivity index (χ3v) is 7.20. The molecule has 2 fully saturated rings. The van der Waals surface area contributed by atoms with Gasteiger partial charge in [0.05, 0.1) is 18.3 Å². The van der Waals surface area contributed by atoms with E-state index in [4.69, 9.17) is 5.26 Å². The van der Waals surface area contributed by atoms with E-state index in [2.05, 4.69) is 18.3 Å². The maximum absolute atomic E-state index is 10.9. The van der Waals surface area contributed by atoms with Crippen molar-refractivity contribution in [1.82, 2.24) is 9.21 Å². The van der Waals surface area contributed by atoms with Crippen molar-refractivity contribution in [3.8, 4) is 17.3 Å². The third kappa shape index (κ3) is 3.02. The van der Waals surface area contributed by atoms with E-state index in [-0.39, 0.29) is 6.04 Å². The summed E-state index contributed by atoms with van der Waals surface area (Å²) in [6, 6.07) is 18.0. The van der Waals surface area contributed by atoms with E-state index in [1.807, 2.05) is 42.5 Å². The molecule has 2 saturated heterocycles. The lowest BCUT2D eigenvalue weighted by molar-refractivity contribution is 0.310. The first-order chi connectivity index (χ1) is 12.6. The van der Waals surface area contributed by atoms with Gasteiger partial charge in [-0.3, -0.25) is 13.4 Å². The predicted molar refractivity (Wildman–Crippen MR) is 104 cm³/mol. The molecule has 0 aromatic heterocycles. The van der Waals surface area contributed by atoms with Crippen LogP contribution >= 0.6 is 11.0 Å². The van der Waals surface area contributed by atoms with Crippen LogP contribution in [-0.2, 0) is 0 Å². The van der Waals surface area contributed by atoms with Crippen LogP contribution in [0.2, 0.25) is 0 Å². The normalized spacial score (nSPS) is 23.8. The number of hydrogen-bond acceptors (Lipinski definition) is 6. The van der Waals surface area contributed by atoms with Crippen molar-refractivity contribution in [2.45, 2.75) is 12.5 Å². The molecule has 6 nitrogen and oxygen atoms in total. The lowest BCUT2D eigenvalue weighted by Crippen LogP contribution is -2.38. The molecule has 2 aromatic carbocycles. The lowest BCUT2D eigenvalue weighted by Gasteiger charge is -2.45. The molecule has 2 N–H and O–H groups in total. The van der Waals surface area contributed by atoms with Gasteiger partial charge in [0, 0.05) is 19.6 Å². The summed E-state index contributed by atoms with van der Waals surface area (Å²) in [5, 5.41) is 9.04. The number of anilines is 1. The van der Waals surface area contributed by atoms with Gasteiger partial charge in [-0.05, 0) is 29.7 Å². The van der Waals surface area contributed by atoms with Crippen molar-refractivity contribution in [2.24, 2.45) is 0 Å². The summed E-state index contributed by atoms with van der Waals surface area (Å²) < 4.78 is 25.2. The standard InChI is InChI=1S/C19H22N4O2S/c20-15-21-11-10-19(14-21)23-13-12-22(26(23,24)25)18-8-6-17(7-9-18)16-4-2-1-3-5-16/h1-9,19,24-25H,10-14H2/t19-/m0/s1. The molecule has 0 amide bonds. The molecule has 2 aliphatic rings. The summed E-state index contributed by atoms with van der Waals surface area (Å²) in [5.41, 5.74) is 3.04. The van der Waals surface area contributed by atoms with Gasteiger partial charge in [-0.1, -0.05) is 53.4 Å². The van der Waals surface area contributed by atoms with E-state index in [9.17, 15) is 9.11 Å². The first-order valence-corrected chi connectivity index (χ1v) is 10.2. The summed E-state index contributed by atoms with van der Waals surface area (Å²) in [6.07, 6.45) is 2.93. The van der Waals surface area contributed by atoms with E-state index in [0.717, 1.165) is 23.2 Å². The second-order valence-electron chi connectivity index (χ2n) is 6.63. The van der Waals surface area contributed by atoms with Crippen molar-refractivity contribution in [2.75, 3.05) is 30.5 Å². The topological polar surface area (TPSA) is 74.0 Å². The highest BCUT2D eigenvalue weighted by Gasteiger charge is 2.43. The molecule has 0 radical (unpaired) electrons. The van der Waals surface area contributed by atoms with E-state index in [1.165, 1.54) is 0 Å². The van der Waals surface area contributed by atoms with Crippen molar-refractivity contribution in [3.05, 3.63) is 54.6 Å². The van der Waals surface area contributed by atoms with Crippen molar-refractivity contribution < 1.29 is 9.11 Å². The van der Waals surface area contributed by atoms with Gasteiger partial charge in [0.15, 0.2) is 6.19 Å². The maximum atomic E-state index is 10.9. The molecule has 2 aliphatic heterocycles. The summed E-state index contributed by atoms with van der Waals surface area (Å²) in [7, 11) is -3.04. The Morgan fingerprint density at radius 2 is 1.62 bits per heavy atom. The number of likely N-dealkylation sites (tertiary alicyclic amines) is 1. The molecule has 0 saturated carbocycles. The molecule has 7 heteroatoms. The summed E-state index contributed by atoms with van der Waals surface area (Å²) in [5.74, 6) is 0. The maximum Gasteiger partial charge on any atom is 0.179 e. The second-order valence-corrected chi connectivity index (χ2v) is 8.52. The number of benzene rings is 2. The number of rotatable bonds is 3. The quantitative estimate of drug-likeness (QED) is 0.804. The van der Waals surface area contributed by atoms with E-state index < -0.39 is 11.0 Å². The zero-order chi connectivity index (χ0) is 18.1. The fraction of sp³-hybridized carbons (Fsp3) is 0.316. The zero-order valence-corrected chi connectivity index (χ0v) is 15.2.